The van der Waals surface area contributed by atoms with Crippen molar-refractivity contribution in [2.75, 3.05) is 6.54 Å². The molecule has 0 saturated carbocycles. The van der Waals surface area contributed by atoms with E-state index in [-0.39, 0.29) is 22.8 Å². The van der Waals surface area contributed by atoms with Crippen LogP contribution in [0.1, 0.15) is 31.3 Å². The number of rotatable bonds is 3. The number of nitrogens with zero attached hydrogens (tertiary/aromatic N) is 2. The first-order valence-electron chi connectivity index (χ1n) is 5.10. The smallest absolute Gasteiger partial charge is 0.274 e. The van der Waals surface area contributed by atoms with Crippen molar-refractivity contribution in [1.29, 1.82) is 0 Å². The molecule has 0 radical (unpaired) electrons. The van der Waals surface area contributed by atoms with Crippen molar-refractivity contribution in [2.24, 2.45) is 0 Å². The summed E-state index contributed by atoms with van der Waals surface area (Å²) in [7, 11) is 0. The van der Waals surface area contributed by atoms with Crippen molar-refractivity contribution in [2.45, 2.75) is 26.8 Å². The van der Waals surface area contributed by atoms with Gasteiger partial charge in [0.2, 0.25) is 0 Å². The van der Waals surface area contributed by atoms with Crippen molar-refractivity contribution in [3.05, 3.63) is 28.0 Å². The minimum absolute atomic E-state index is 0.106. The van der Waals surface area contributed by atoms with Crippen molar-refractivity contribution in [3.63, 3.8) is 0 Å². The third-order valence-electron chi connectivity index (χ3n) is 2.24. The summed E-state index contributed by atoms with van der Waals surface area (Å²) in [6.45, 7) is 6.41. The maximum atomic E-state index is 12.1. The van der Waals surface area contributed by atoms with Crippen molar-refractivity contribution < 1.29 is 4.79 Å². The molecule has 0 aliphatic carbocycles. The molecule has 0 aliphatic rings. The largest absolute Gasteiger partial charge is 0.335 e. The van der Waals surface area contributed by atoms with Crippen LogP contribution in [-0.4, -0.2) is 28.4 Å². The van der Waals surface area contributed by atoms with Gasteiger partial charge in [0.25, 0.3) is 5.91 Å². The summed E-state index contributed by atoms with van der Waals surface area (Å²) in [6, 6.07) is 3.25. The molecule has 0 N–H and O–H groups in total. The lowest BCUT2D eigenvalue weighted by molar-refractivity contribution is 0.0711. The van der Waals surface area contributed by atoms with Crippen LogP contribution < -0.4 is 0 Å². The lowest BCUT2D eigenvalue weighted by Crippen LogP contribution is -2.37. The van der Waals surface area contributed by atoms with Gasteiger partial charge in [0.1, 0.15) is 10.8 Å². The molecule has 0 fully saturated rings. The van der Waals surface area contributed by atoms with Crippen LogP contribution in [0.2, 0.25) is 10.2 Å². The van der Waals surface area contributed by atoms with Crippen LogP contribution in [0.25, 0.3) is 0 Å². The van der Waals surface area contributed by atoms with E-state index in [1.165, 1.54) is 0 Å². The molecule has 1 aromatic rings. The lowest BCUT2D eigenvalue weighted by atomic mass is 10.2. The Hall–Kier alpha value is -0.800. The van der Waals surface area contributed by atoms with Gasteiger partial charge >= 0.3 is 0 Å². The number of aromatic nitrogens is 1. The number of halogens is 2. The summed E-state index contributed by atoms with van der Waals surface area (Å²) in [5.41, 5.74) is 0.213. The van der Waals surface area contributed by atoms with Gasteiger partial charge in [-0.1, -0.05) is 23.2 Å². The van der Waals surface area contributed by atoms with Crippen LogP contribution in [-0.2, 0) is 0 Å². The topological polar surface area (TPSA) is 33.2 Å². The Balaban J connectivity index is 3.08. The Kier molecular flexibility index (Phi) is 4.56. The summed E-state index contributed by atoms with van der Waals surface area (Å²) in [5, 5.41) is 0.598. The first-order chi connectivity index (χ1) is 7.47. The number of hydrogen-bond donors (Lipinski definition) is 0. The number of pyridine rings is 1. The Labute approximate surface area is 105 Å². The fourth-order valence-electron chi connectivity index (χ4n) is 1.45. The zero-order valence-electron chi connectivity index (χ0n) is 9.50. The van der Waals surface area contributed by atoms with Gasteiger partial charge in [-0.2, -0.15) is 0 Å². The fraction of sp³-hybridized carbons (Fsp3) is 0.455. The van der Waals surface area contributed by atoms with Gasteiger partial charge in [-0.25, -0.2) is 4.98 Å². The van der Waals surface area contributed by atoms with Gasteiger partial charge in [-0.05, 0) is 32.9 Å². The van der Waals surface area contributed by atoms with E-state index in [0.29, 0.717) is 11.6 Å². The highest BCUT2D eigenvalue weighted by atomic mass is 35.5. The van der Waals surface area contributed by atoms with E-state index < -0.39 is 0 Å². The minimum atomic E-state index is -0.190. The van der Waals surface area contributed by atoms with Crippen molar-refractivity contribution in [3.8, 4) is 0 Å². The molecule has 16 heavy (non-hydrogen) atoms. The van der Waals surface area contributed by atoms with E-state index in [1.54, 1.807) is 17.0 Å². The Morgan fingerprint density at radius 3 is 2.56 bits per heavy atom. The zero-order valence-corrected chi connectivity index (χ0v) is 11.0. The molecule has 3 nitrogen and oxygen atoms in total. The summed E-state index contributed by atoms with van der Waals surface area (Å²) < 4.78 is 0. The molecular weight excluding hydrogens is 247 g/mol. The monoisotopic (exact) mass is 260 g/mol. The highest BCUT2D eigenvalue weighted by Crippen LogP contribution is 2.19. The molecule has 0 spiro atoms. The number of carbonyl (C=O) groups excluding carboxylic acids is 1. The molecule has 0 saturated heterocycles. The fourth-order valence-corrected chi connectivity index (χ4v) is 1.78. The summed E-state index contributed by atoms with van der Waals surface area (Å²) in [5.74, 6) is -0.190. The summed E-state index contributed by atoms with van der Waals surface area (Å²) >= 11 is 11.7. The number of amides is 1. The van der Waals surface area contributed by atoms with E-state index in [9.17, 15) is 4.79 Å². The van der Waals surface area contributed by atoms with Crippen LogP contribution >= 0.6 is 23.2 Å². The van der Waals surface area contributed by atoms with Gasteiger partial charge in [-0.15, -0.1) is 0 Å². The van der Waals surface area contributed by atoms with Gasteiger partial charge in [0, 0.05) is 12.6 Å². The summed E-state index contributed by atoms with van der Waals surface area (Å²) in [4.78, 5) is 17.8. The molecule has 0 aromatic carbocycles. The van der Waals surface area contributed by atoms with Gasteiger partial charge in [0.05, 0.1) is 5.02 Å². The first kappa shape index (κ1) is 13.3. The average molecular weight is 261 g/mol. The molecule has 0 bridgehead atoms. The highest BCUT2D eigenvalue weighted by Gasteiger charge is 2.21. The Morgan fingerprint density at radius 1 is 1.44 bits per heavy atom. The summed E-state index contributed by atoms with van der Waals surface area (Å²) in [6.07, 6.45) is 0. The van der Waals surface area contributed by atoms with Gasteiger partial charge < -0.3 is 4.90 Å². The highest BCUT2D eigenvalue weighted by molar-refractivity contribution is 6.34. The third kappa shape index (κ3) is 2.86. The van der Waals surface area contributed by atoms with Gasteiger partial charge in [-0.3, -0.25) is 4.79 Å². The van der Waals surface area contributed by atoms with E-state index in [1.807, 2.05) is 20.8 Å². The van der Waals surface area contributed by atoms with E-state index >= 15 is 0 Å². The molecule has 88 valence electrons. The average Bonchev–Trinajstić information content (AvgIpc) is 2.22. The quantitative estimate of drug-likeness (QED) is 0.782. The second-order valence-electron chi connectivity index (χ2n) is 3.65. The van der Waals surface area contributed by atoms with Crippen LogP contribution in [0, 0.1) is 0 Å². The molecule has 0 unspecified atom stereocenters. The SMILES string of the molecule is CCN(C(=O)c1nc(Cl)ccc1Cl)C(C)C. The molecule has 1 amide bonds. The lowest BCUT2D eigenvalue weighted by Gasteiger charge is -2.25. The second-order valence-corrected chi connectivity index (χ2v) is 4.44. The zero-order chi connectivity index (χ0) is 12.3. The number of hydrogen-bond acceptors (Lipinski definition) is 2. The second kappa shape index (κ2) is 5.51. The van der Waals surface area contributed by atoms with E-state index in [4.69, 9.17) is 23.2 Å². The Morgan fingerprint density at radius 2 is 2.06 bits per heavy atom. The standard InChI is InChI=1S/C11H14Cl2N2O/c1-4-15(7(2)3)11(16)10-8(12)5-6-9(13)14-10/h5-7H,4H2,1-3H3. The van der Waals surface area contributed by atoms with Gasteiger partial charge in [0.15, 0.2) is 0 Å². The van der Waals surface area contributed by atoms with Crippen molar-refractivity contribution in [1.82, 2.24) is 9.88 Å². The maximum Gasteiger partial charge on any atom is 0.274 e. The van der Waals surface area contributed by atoms with Crippen LogP contribution in [0.5, 0.6) is 0 Å². The molecule has 1 heterocycles. The normalized spacial score (nSPS) is 10.6. The third-order valence-corrected chi connectivity index (χ3v) is 2.75. The Bertz CT molecular complexity index is 394. The molecule has 0 atom stereocenters. The van der Waals surface area contributed by atoms with Crippen LogP contribution in [0.3, 0.4) is 0 Å². The molecular formula is C11H14Cl2N2O. The predicted molar refractivity (Wildman–Crippen MR) is 66.1 cm³/mol. The minimum Gasteiger partial charge on any atom is -0.335 e. The van der Waals surface area contributed by atoms with Crippen LogP contribution in [0.15, 0.2) is 12.1 Å². The molecule has 1 rings (SSSR count). The van der Waals surface area contributed by atoms with Crippen molar-refractivity contribution >= 4 is 29.1 Å². The predicted octanol–water partition coefficient (Wildman–Crippen LogP) is 3.26. The van der Waals surface area contributed by atoms with Crippen LogP contribution in [0.4, 0.5) is 0 Å². The van der Waals surface area contributed by atoms with E-state index in [2.05, 4.69) is 4.98 Å². The molecule has 5 heteroatoms. The molecule has 0 aliphatic heterocycles. The maximum absolute atomic E-state index is 12.1. The number of carbonyl (C=O) groups is 1. The van der Waals surface area contributed by atoms with E-state index in [0.717, 1.165) is 0 Å². The molecule has 1 aromatic heterocycles. The first-order valence-corrected chi connectivity index (χ1v) is 5.86.